The summed E-state index contributed by atoms with van der Waals surface area (Å²) in [6, 6.07) is 7.98. The van der Waals surface area contributed by atoms with Gasteiger partial charge in [-0.2, -0.15) is 0 Å². The molecule has 3 rings (SSSR count). The Kier molecular flexibility index (Phi) is 4.68. The molecule has 2 heterocycles. The number of hydrogen-bond acceptors (Lipinski definition) is 6. The lowest BCUT2D eigenvalue weighted by atomic mass is 10.1. The van der Waals surface area contributed by atoms with Crippen molar-refractivity contribution in [1.29, 1.82) is 0 Å². The molecule has 2 aliphatic heterocycles. The monoisotopic (exact) mass is 367 g/mol. The molecule has 1 saturated heterocycles. The highest BCUT2D eigenvalue weighted by molar-refractivity contribution is 8.00. The van der Waals surface area contributed by atoms with Crippen LogP contribution < -0.4 is 15.2 Å². The fourth-order valence-electron chi connectivity index (χ4n) is 2.45. The fourth-order valence-corrected chi connectivity index (χ4v) is 4.00. The number of carbonyl (C=O) groups is 3. The predicted octanol–water partition coefficient (Wildman–Crippen LogP) is -0.334. The van der Waals surface area contributed by atoms with Gasteiger partial charge >= 0.3 is 0 Å². The lowest BCUT2D eigenvalue weighted by Crippen LogP contribution is -2.71. The van der Waals surface area contributed by atoms with Gasteiger partial charge in [0.05, 0.1) is 16.7 Å². The van der Waals surface area contributed by atoms with Crippen molar-refractivity contribution in [3.05, 3.63) is 41.1 Å². The zero-order valence-corrected chi connectivity index (χ0v) is 13.8. The van der Waals surface area contributed by atoms with Gasteiger partial charge in [-0.15, -0.1) is 11.8 Å². The first kappa shape index (κ1) is 16.7. The zero-order chi connectivity index (χ0) is 17.3. The Balaban J connectivity index is 1.59. The Morgan fingerprint density at radius 2 is 2.08 bits per heavy atom. The SMILES string of the molecule is O=C(COc1ccccc1)N[C@H]1C(=O)N2C(C(=O)[O-])=C(Cl)CS[C@@H]12. The molecule has 2 atom stereocenters. The number of aliphatic carboxylic acids is 1. The molecule has 7 nitrogen and oxygen atoms in total. The second-order valence-corrected chi connectivity index (χ2v) is 6.66. The summed E-state index contributed by atoms with van der Waals surface area (Å²) in [4.78, 5) is 36.3. The number of benzene rings is 1. The number of nitrogens with one attached hydrogen (secondary N) is 1. The number of fused-ring (bicyclic) bond motifs is 1. The smallest absolute Gasteiger partial charge is 0.258 e. The number of carboxylic acids is 1. The van der Waals surface area contributed by atoms with Crippen LogP contribution in [-0.4, -0.2) is 46.5 Å². The van der Waals surface area contributed by atoms with Crippen LogP contribution in [0.2, 0.25) is 0 Å². The number of nitrogens with zero attached hydrogens (tertiary/aromatic N) is 1. The summed E-state index contributed by atoms with van der Waals surface area (Å²) in [5.74, 6) is -1.72. The summed E-state index contributed by atoms with van der Waals surface area (Å²) in [5.41, 5.74) is -0.323. The van der Waals surface area contributed by atoms with Gasteiger partial charge in [-0.3, -0.25) is 14.5 Å². The van der Waals surface area contributed by atoms with Crippen molar-refractivity contribution in [2.45, 2.75) is 11.4 Å². The number of para-hydroxylation sites is 1. The number of thioether (sulfide) groups is 1. The normalized spacial score (nSPS) is 22.5. The first-order valence-corrected chi connectivity index (χ1v) is 8.43. The highest BCUT2D eigenvalue weighted by Gasteiger charge is 2.52. The predicted molar refractivity (Wildman–Crippen MR) is 84.8 cm³/mol. The first-order valence-electron chi connectivity index (χ1n) is 7.01. The summed E-state index contributed by atoms with van der Waals surface area (Å²) >= 11 is 7.12. The van der Waals surface area contributed by atoms with E-state index in [-0.39, 0.29) is 23.1 Å². The van der Waals surface area contributed by atoms with Crippen LogP contribution >= 0.6 is 23.4 Å². The lowest BCUT2D eigenvalue weighted by Gasteiger charge is -2.50. The highest BCUT2D eigenvalue weighted by Crippen LogP contribution is 2.40. The quantitative estimate of drug-likeness (QED) is 0.715. The van der Waals surface area contributed by atoms with Gasteiger partial charge in [-0.1, -0.05) is 29.8 Å². The Labute approximate surface area is 146 Å². The van der Waals surface area contributed by atoms with Crippen LogP contribution in [0.4, 0.5) is 0 Å². The van der Waals surface area contributed by atoms with E-state index >= 15 is 0 Å². The summed E-state index contributed by atoms with van der Waals surface area (Å²) in [6.45, 7) is -0.241. The Morgan fingerprint density at radius 3 is 2.75 bits per heavy atom. The van der Waals surface area contributed by atoms with Crippen molar-refractivity contribution in [3.8, 4) is 5.75 Å². The topological polar surface area (TPSA) is 98.8 Å². The van der Waals surface area contributed by atoms with E-state index in [2.05, 4.69) is 5.32 Å². The summed E-state index contributed by atoms with van der Waals surface area (Å²) in [7, 11) is 0. The number of carboxylic acid groups (broad SMARTS) is 1. The summed E-state index contributed by atoms with van der Waals surface area (Å²) in [6.07, 6.45) is 0. The van der Waals surface area contributed by atoms with Crippen molar-refractivity contribution in [2.75, 3.05) is 12.4 Å². The van der Waals surface area contributed by atoms with Crippen LogP contribution in [0, 0.1) is 0 Å². The summed E-state index contributed by atoms with van der Waals surface area (Å²) < 4.78 is 5.31. The molecule has 24 heavy (non-hydrogen) atoms. The number of rotatable bonds is 5. The van der Waals surface area contributed by atoms with Crippen LogP contribution in [-0.2, 0) is 14.4 Å². The molecule has 0 bridgehead atoms. The molecule has 1 aromatic carbocycles. The van der Waals surface area contributed by atoms with Gasteiger partial charge in [0.2, 0.25) is 0 Å². The Morgan fingerprint density at radius 1 is 1.38 bits per heavy atom. The molecule has 126 valence electrons. The number of halogens is 1. The minimum atomic E-state index is -1.50. The molecule has 0 saturated carbocycles. The Hall–Kier alpha value is -2.19. The number of hydrogen-bond donors (Lipinski definition) is 1. The average molecular weight is 368 g/mol. The van der Waals surface area contributed by atoms with Crippen molar-refractivity contribution < 1.29 is 24.2 Å². The molecule has 1 aromatic rings. The van der Waals surface area contributed by atoms with Gasteiger partial charge in [0.1, 0.15) is 17.2 Å². The van der Waals surface area contributed by atoms with E-state index in [9.17, 15) is 19.5 Å². The standard InChI is InChI=1S/C15H13ClN2O5S/c16-9-7-24-14-11(13(20)18(14)12(9)15(21)22)17-10(19)6-23-8-4-2-1-3-5-8/h1-5,11,14H,6-7H2,(H,17,19)(H,21,22)/p-1/t11-,14-/m0/s1. The third-order valence-corrected chi connectivity index (χ3v) is 5.30. The van der Waals surface area contributed by atoms with E-state index in [0.717, 1.165) is 4.90 Å². The van der Waals surface area contributed by atoms with Gasteiger partial charge in [-0.05, 0) is 12.1 Å². The molecule has 0 unspecified atom stereocenters. The molecule has 2 aliphatic rings. The molecular weight excluding hydrogens is 356 g/mol. The maximum atomic E-state index is 12.1. The van der Waals surface area contributed by atoms with Crippen LogP contribution in [0.3, 0.4) is 0 Å². The molecular formula is C15H12ClN2O5S-. The second kappa shape index (κ2) is 6.74. The molecule has 0 radical (unpaired) electrons. The largest absolute Gasteiger partial charge is 0.543 e. The second-order valence-electron chi connectivity index (χ2n) is 5.10. The van der Waals surface area contributed by atoms with E-state index in [1.165, 1.54) is 11.8 Å². The average Bonchev–Trinajstić information content (AvgIpc) is 2.58. The van der Waals surface area contributed by atoms with Gasteiger partial charge in [0, 0.05) is 5.75 Å². The van der Waals surface area contributed by atoms with Crippen LogP contribution in [0.15, 0.2) is 41.1 Å². The summed E-state index contributed by atoms with van der Waals surface area (Å²) in [5, 5.41) is 13.2. The zero-order valence-electron chi connectivity index (χ0n) is 12.2. The van der Waals surface area contributed by atoms with Gasteiger partial charge < -0.3 is 20.0 Å². The maximum Gasteiger partial charge on any atom is 0.258 e. The number of β-lactam (4-membered cyclic amide) rings is 1. The van der Waals surface area contributed by atoms with Crippen molar-refractivity contribution in [3.63, 3.8) is 0 Å². The van der Waals surface area contributed by atoms with Crippen LogP contribution in [0.1, 0.15) is 0 Å². The van der Waals surface area contributed by atoms with E-state index < -0.39 is 29.2 Å². The van der Waals surface area contributed by atoms with Crippen molar-refractivity contribution in [1.82, 2.24) is 10.2 Å². The number of amides is 2. The molecule has 2 amide bonds. The van der Waals surface area contributed by atoms with E-state index in [4.69, 9.17) is 16.3 Å². The third kappa shape index (κ3) is 3.07. The molecule has 0 spiro atoms. The molecule has 1 N–H and O–H groups in total. The van der Waals surface area contributed by atoms with Crippen LogP contribution in [0.25, 0.3) is 0 Å². The van der Waals surface area contributed by atoms with E-state index in [1.807, 2.05) is 6.07 Å². The molecule has 9 heteroatoms. The molecule has 0 aromatic heterocycles. The number of carbonyl (C=O) groups excluding carboxylic acids is 3. The van der Waals surface area contributed by atoms with Crippen molar-refractivity contribution >= 4 is 41.1 Å². The highest BCUT2D eigenvalue weighted by atomic mass is 35.5. The van der Waals surface area contributed by atoms with Crippen LogP contribution in [0.5, 0.6) is 5.75 Å². The molecule has 1 fully saturated rings. The lowest BCUT2D eigenvalue weighted by molar-refractivity contribution is -0.301. The van der Waals surface area contributed by atoms with Gasteiger partial charge in [-0.25, -0.2) is 0 Å². The maximum absolute atomic E-state index is 12.1. The van der Waals surface area contributed by atoms with E-state index in [0.29, 0.717) is 5.75 Å². The minimum absolute atomic E-state index is 0.0572. The van der Waals surface area contributed by atoms with Gasteiger partial charge in [0.15, 0.2) is 6.61 Å². The third-order valence-electron chi connectivity index (χ3n) is 3.54. The first-order chi connectivity index (χ1) is 11.5. The Bertz CT molecular complexity index is 724. The minimum Gasteiger partial charge on any atom is -0.543 e. The van der Waals surface area contributed by atoms with Crippen molar-refractivity contribution in [2.24, 2.45) is 0 Å². The molecule has 0 aliphatic carbocycles. The fraction of sp³-hybridized carbons (Fsp3) is 0.267. The van der Waals surface area contributed by atoms with E-state index in [1.54, 1.807) is 24.3 Å². The van der Waals surface area contributed by atoms with Gasteiger partial charge in [0.25, 0.3) is 11.8 Å². The number of ether oxygens (including phenoxy) is 1.